The zero-order valence-corrected chi connectivity index (χ0v) is 29.2. The van der Waals surface area contributed by atoms with Crippen molar-refractivity contribution in [3.63, 3.8) is 0 Å². The molecule has 2 aromatic carbocycles. The number of carbonyl (C=O) groups is 1. The minimum atomic E-state index is -4.14. The number of hydrogen-bond donors (Lipinski definition) is 1. The van der Waals surface area contributed by atoms with Crippen LogP contribution in [0.3, 0.4) is 0 Å². The molecule has 266 valence electrons. The van der Waals surface area contributed by atoms with Crippen LogP contribution >= 0.6 is 0 Å². The molecule has 15 heteroatoms. The van der Waals surface area contributed by atoms with E-state index in [9.17, 15) is 22.0 Å². The maximum absolute atomic E-state index is 15.5. The number of ether oxygens (including phenoxy) is 2. The van der Waals surface area contributed by atoms with E-state index in [1.807, 2.05) is 20.8 Å². The van der Waals surface area contributed by atoms with Crippen LogP contribution in [0.1, 0.15) is 52.0 Å². The Hall–Kier alpha value is -4.66. The third-order valence-corrected chi connectivity index (χ3v) is 9.75. The lowest BCUT2D eigenvalue weighted by molar-refractivity contribution is -0.0826. The van der Waals surface area contributed by atoms with Gasteiger partial charge in [0.05, 0.1) is 29.2 Å². The predicted molar refractivity (Wildman–Crippen MR) is 184 cm³/mol. The highest BCUT2D eigenvalue weighted by atomic mass is 32.2. The van der Waals surface area contributed by atoms with E-state index in [1.54, 1.807) is 54.5 Å². The maximum atomic E-state index is 15.5. The summed E-state index contributed by atoms with van der Waals surface area (Å²) in [6, 6.07) is 9.77. The predicted octanol–water partition coefficient (Wildman–Crippen LogP) is 7.31. The van der Waals surface area contributed by atoms with Gasteiger partial charge in [0.2, 0.25) is 21.9 Å². The van der Waals surface area contributed by atoms with Crippen LogP contribution in [0.4, 0.5) is 29.6 Å². The first-order valence-electron chi connectivity index (χ1n) is 16.3. The van der Waals surface area contributed by atoms with Crippen molar-refractivity contribution in [2.75, 3.05) is 29.0 Å². The van der Waals surface area contributed by atoms with Crippen LogP contribution in [0.15, 0.2) is 54.9 Å². The van der Waals surface area contributed by atoms with E-state index in [2.05, 4.69) is 15.3 Å². The average Bonchev–Trinajstić information content (AvgIpc) is 3.02. The Morgan fingerprint density at radius 2 is 1.80 bits per heavy atom. The van der Waals surface area contributed by atoms with E-state index in [4.69, 9.17) is 14.5 Å². The number of fused-ring (bicyclic) bond motifs is 1. The number of nitrogens with zero attached hydrogens (tertiary/aromatic N) is 5. The molecule has 0 radical (unpaired) electrons. The number of carbonyl (C=O) groups excluding carboxylic acids is 1. The minimum Gasteiger partial charge on any atom is -0.444 e. The summed E-state index contributed by atoms with van der Waals surface area (Å²) >= 11 is 0. The molecular formula is C35H39F3N6O5S. The third-order valence-electron chi connectivity index (χ3n) is 8.56. The smallest absolute Gasteiger partial charge is 0.410 e. The summed E-state index contributed by atoms with van der Waals surface area (Å²) in [5.74, 6) is -3.09. The normalized spacial score (nSPS) is 18.0. The molecule has 3 heterocycles. The Morgan fingerprint density at radius 1 is 1.06 bits per heavy atom. The Balaban J connectivity index is 1.30. The molecule has 1 saturated carbocycles. The Labute approximate surface area is 288 Å². The number of likely N-dealkylation sites (tertiary alicyclic amines) is 1. The lowest BCUT2D eigenvalue weighted by Gasteiger charge is -2.42. The van der Waals surface area contributed by atoms with Crippen molar-refractivity contribution in [3.8, 4) is 22.9 Å². The van der Waals surface area contributed by atoms with Crippen molar-refractivity contribution in [1.82, 2.24) is 19.9 Å². The number of pyridine rings is 1. The van der Waals surface area contributed by atoms with Crippen molar-refractivity contribution < 1.29 is 35.9 Å². The fourth-order valence-corrected chi connectivity index (χ4v) is 7.54. The van der Waals surface area contributed by atoms with Gasteiger partial charge in [-0.05, 0) is 76.4 Å². The van der Waals surface area contributed by atoms with Crippen LogP contribution in [0, 0.1) is 12.7 Å². The number of nitrogens with one attached hydrogen (secondary N) is 1. The largest absolute Gasteiger partial charge is 0.444 e. The van der Waals surface area contributed by atoms with Crippen LogP contribution in [-0.4, -0.2) is 77.3 Å². The SMILES string of the molecule is Cc1ccc2c(N(C3CC(F)(F)C3)S(C)(=O)=O)c(F)ccc2c1Oc1ncccc1-c1ccnc(NC2CCCN(C(=O)OC(C)(C)C)C2)n1. The number of anilines is 2. The molecule has 1 aliphatic carbocycles. The van der Waals surface area contributed by atoms with Crippen molar-refractivity contribution in [1.29, 1.82) is 0 Å². The van der Waals surface area contributed by atoms with E-state index < -0.39 is 46.2 Å². The van der Waals surface area contributed by atoms with Crippen molar-refractivity contribution >= 4 is 38.5 Å². The van der Waals surface area contributed by atoms with Crippen LogP contribution < -0.4 is 14.4 Å². The van der Waals surface area contributed by atoms with E-state index in [-0.39, 0.29) is 34.8 Å². The zero-order chi connectivity index (χ0) is 36.0. The monoisotopic (exact) mass is 712 g/mol. The number of hydrogen-bond acceptors (Lipinski definition) is 9. The van der Waals surface area contributed by atoms with E-state index >= 15 is 4.39 Å². The summed E-state index contributed by atoms with van der Waals surface area (Å²) in [6.07, 6.45) is 3.81. The first-order chi connectivity index (χ1) is 23.5. The molecule has 1 amide bonds. The molecule has 1 saturated heterocycles. The molecule has 2 fully saturated rings. The van der Waals surface area contributed by atoms with Gasteiger partial charge in [-0.1, -0.05) is 12.1 Å². The van der Waals surface area contributed by atoms with Crippen molar-refractivity contribution in [3.05, 3.63) is 66.2 Å². The number of alkyl halides is 2. The number of aromatic nitrogens is 3. The van der Waals surface area contributed by atoms with Crippen molar-refractivity contribution in [2.24, 2.45) is 0 Å². The van der Waals surface area contributed by atoms with Gasteiger partial charge in [0.25, 0.3) is 5.92 Å². The molecule has 0 spiro atoms. The number of benzene rings is 2. The Bertz CT molecular complexity index is 2030. The summed E-state index contributed by atoms with van der Waals surface area (Å²) < 4.78 is 81.8. The number of sulfonamides is 1. The van der Waals surface area contributed by atoms with Gasteiger partial charge in [-0.2, -0.15) is 0 Å². The Kier molecular flexibility index (Phi) is 9.31. The molecule has 6 rings (SSSR count). The van der Waals surface area contributed by atoms with Crippen LogP contribution in [-0.2, 0) is 14.8 Å². The fourth-order valence-electron chi connectivity index (χ4n) is 6.33. The van der Waals surface area contributed by atoms with Crippen LogP contribution in [0.5, 0.6) is 11.6 Å². The second kappa shape index (κ2) is 13.2. The summed E-state index contributed by atoms with van der Waals surface area (Å²) in [5.41, 5.74) is 0.740. The molecule has 1 N–H and O–H groups in total. The fraction of sp³-hybridized carbons (Fsp3) is 0.429. The standard InChI is InChI=1S/C35H39F3N6O5S/c1-21-10-11-24-25(12-13-27(36)29(24)44(50(5,46)47)23-18-35(37,38)19-23)30(21)48-31-26(9-6-15-39-31)28-14-16-40-32(42-28)41-22-8-7-17-43(20-22)33(45)49-34(2,3)4/h6,9-16,22-23H,7-8,17-20H2,1-5H3,(H,40,41,42). The number of amides is 1. The maximum Gasteiger partial charge on any atom is 0.410 e. The van der Waals surface area contributed by atoms with Gasteiger partial charge in [-0.3, -0.25) is 4.31 Å². The highest BCUT2D eigenvalue weighted by Crippen LogP contribution is 2.47. The van der Waals surface area contributed by atoms with E-state index in [0.29, 0.717) is 41.2 Å². The van der Waals surface area contributed by atoms with Crippen LogP contribution in [0.2, 0.25) is 0 Å². The number of halogens is 3. The second-order valence-corrected chi connectivity index (χ2v) is 15.7. The van der Waals surface area contributed by atoms with Gasteiger partial charge < -0.3 is 19.7 Å². The number of aryl methyl sites for hydroxylation is 1. The highest BCUT2D eigenvalue weighted by molar-refractivity contribution is 7.92. The molecule has 2 aromatic heterocycles. The van der Waals surface area contributed by atoms with E-state index in [1.165, 1.54) is 6.07 Å². The Morgan fingerprint density at radius 3 is 2.50 bits per heavy atom. The molecule has 0 bridgehead atoms. The van der Waals surface area contributed by atoms with Gasteiger partial charge >= 0.3 is 6.09 Å². The highest BCUT2D eigenvalue weighted by Gasteiger charge is 2.51. The number of piperidine rings is 1. The summed E-state index contributed by atoms with van der Waals surface area (Å²) in [6.45, 7) is 8.27. The lowest BCUT2D eigenvalue weighted by atomic mass is 9.87. The first-order valence-corrected chi connectivity index (χ1v) is 18.1. The number of rotatable bonds is 8. The lowest BCUT2D eigenvalue weighted by Crippen LogP contribution is -2.53. The zero-order valence-electron chi connectivity index (χ0n) is 28.4. The minimum absolute atomic E-state index is 0.110. The van der Waals surface area contributed by atoms with Crippen LogP contribution in [0.25, 0.3) is 22.0 Å². The van der Waals surface area contributed by atoms with Gasteiger partial charge in [0, 0.05) is 55.1 Å². The first kappa shape index (κ1) is 35.2. The second-order valence-electron chi connectivity index (χ2n) is 13.8. The summed E-state index contributed by atoms with van der Waals surface area (Å²) in [4.78, 5) is 27.9. The topological polar surface area (TPSA) is 127 Å². The van der Waals surface area contributed by atoms with Gasteiger partial charge in [-0.25, -0.2) is 41.3 Å². The molecule has 1 unspecified atom stereocenters. The molecule has 4 aromatic rings. The van der Waals surface area contributed by atoms with Gasteiger partial charge in [0.1, 0.15) is 17.2 Å². The van der Waals surface area contributed by atoms with Gasteiger partial charge in [0.15, 0.2) is 0 Å². The third kappa shape index (κ3) is 7.57. The molecule has 1 atom stereocenters. The van der Waals surface area contributed by atoms with E-state index in [0.717, 1.165) is 29.5 Å². The molecule has 50 heavy (non-hydrogen) atoms. The molecule has 2 aliphatic rings. The van der Waals surface area contributed by atoms with Crippen molar-refractivity contribution in [2.45, 2.75) is 77.0 Å². The molecule has 1 aliphatic heterocycles. The molecular weight excluding hydrogens is 673 g/mol. The van der Waals surface area contributed by atoms with Gasteiger partial charge in [-0.15, -0.1) is 0 Å². The average molecular weight is 713 g/mol. The quantitative estimate of drug-likeness (QED) is 0.200. The molecule has 11 nitrogen and oxygen atoms in total. The summed E-state index contributed by atoms with van der Waals surface area (Å²) in [7, 11) is -4.14. The summed E-state index contributed by atoms with van der Waals surface area (Å²) in [5, 5.41) is 3.89.